The van der Waals surface area contributed by atoms with Gasteiger partial charge in [0.1, 0.15) is 11.6 Å². The third-order valence-electron chi connectivity index (χ3n) is 4.23. The summed E-state index contributed by atoms with van der Waals surface area (Å²) in [7, 11) is 1.56. The standard InChI is InChI=1S/C18H22N4O3S/c1-11-3-6-15(25-2)13(9-11)14(23)10-26-18-21-20-17(8-7-16(19)24)22(18)12-4-5-12/h3,6,9,12H,4-5,7-8,10H2,1-2H3,(H2,19,24). The highest BCUT2D eigenvalue weighted by molar-refractivity contribution is 7.99. The molecule has 1 aliphatic carbocycles. The Labute approximate surface area is 156 Å². The Morgan fingerprint density at radius 2 is 2.12 bits per heavy atom. The van der Waals surface area contributed by atoms with Crippen LogP contribution in [0.2, 0.25) is 0 Å². The molecule has 138 valence electrons. The zero-order valence-corrected chi connectivity index (χ0v) is 15.7. The summed E-state index contributed by atoms with van der Waals surface area (Å²) in [6.07, 6.45) is 2.84. The van der Waals surface area contributed by atoms with Gasteiger partial charge in [-0.1, -0.05) is 23.4 Å². The Morgan fingerprint density at radius 1 is 1.35 bits per heavy atom. The molecule has 1 amide bonds. The summed E-state index contributed by atoms with van der Waals surface area (Å²) in [5.41, 5.74) is 6.82. The van der Waals surface area contributed by atoms with E-state index in [0.29, 0.717) is 28.9 Å². The molecule has 1 heterocycles. The number of primary amides is 1. The molecular formula is C18H22N4O3S. The highest BCUT2D eigenvalue weighted by Gasteiger charge is 2.30. The summed E-state index contributed by atoms with van der Waals surface area (Å²) in [6, 6.07) is 5.92. The largest absolute Gasteiger partial charge is 0.496 e. The maximum atomic E-state index is 12.6. The lowest BCUT2D eigenvalue weighted by Gasteiger charge is -2.10. The smallest absolute Gasteiger partial charge is 0.217 e. The van der Waals surface area contributed by atoms with E-state index >= 15 is 0 Å². The summed E-state index contributed by atoms with van der Waals surface area (Å²) < 4.78 is 7.35. The molecule has 0 atom stereocenters. The lowest BCUT2D eigenvalue weighted by atomic mass is 10.1. The van der Waals surface area contributed by atoms with Crippen molar-refractivity contribution >= 4 is 23.5 Å². The van der Waals surface area contributed by atoms with Crippen molar-refractivity contribution in [1.29, 1.82) is 0 Å². The van der Waals surface area contributed by atoms with Crippen molar-refractivity contribution < 1.29 is 14.3 Å². The average molecular weight is 374 g/mol. The molecule has 8 heteroatoms. The molecule has 0 saturated heterocycles. The molecule has 2 N–H and O–H groups in total. The summed E-state index contributed by atoms with van der Waals surface area (Å²) in [4.78, 5) is 23.7. The first-order valence-electron chi connectivity index (χ1n) is 8.52. The molecule has 0 spiro atoms. The maximum absolute atomic E-state index is 12.6. The quantitative estimate of drug-likeness (QED) is 0.534. The van der Waals surface area contributed by atoms with Gasteiger partial charge in [0.2, 0.25) is 5.91 Å². The van der Waals surface area contributed by atoms with Crippen LogP contribution in [0.15, 0.2) is 23.4 Å². The third kappa shape index (κ3) is 4.24. The molecule has 1 fully saturated rings. The van der Waals surface area contributed by atoms with Gasteiger partial charge in [-0.15, -0.1) is 10.2 Å². The number of ether oxygens (including phenoxy) is 1. The topological polar surface area (TPSA) is 100 Å². The predicted octanol–water partition coefficient (Wildman–Crippen LogP) is 2.32. The molecule has 0 bridgehead atoms. The highest BCUT2D eigenvalue weighted by atomic mass is 32.2. The summed E-state index contributed by atoms with van der Waals surface area (Å²) in [6.45, 7) is 1.94. The van der Waals surface area contributed by atoms with Gasteiger partial charge in [0.25, 0.3) is 0 Å². The molecule has 0 unspecified atom stereocenters. The van der Waals surface area contributed by atoms with Gasteiger partial charge in [-0.2, -0.15) is 0 Å². The molecule has 0 aliphatic heterocycles. The second kappa shape index (κ2) is 7.90. The van der Waals surface area contributed by atoms with Gasteiger partial charge < -0.3 is 15.0 Å². The fourth-order valence-electron chi connectivity index (χ4n) is 2.76. The number of nitrogens with zero attached hydrogens (tertiary/aromatic N) is 3. The van der Waals surface area contributed by atoms with E-state index in [1.165, 1.54) is 11.8 Å². The first-order chi connectivity index (χ1) is 12.5. The van der Waals surface area contributed by atoms with E-state index in [-0.39, 0.29) is 23.9 Å². The second-order valence-corrected chi connectivity index (χ2v) is 7.32. The Bertz CT molecular complexity index is 830. The Kier molecular flexibility index (Phi) is 5.61. The number of carbonyl (C=O) groups excluding carboxylic acids is 2. The molecule has 3 rings (SSSR count). The average Bonchev–Trinajstić information content (AvgIpc) is 3.38. The predicted molar refractivity (Wildman–Crippen MR) is 98.6 cm³/mol. The molecule has 0 radical (unpaired) electrons. The van der Waals surface area contributed by atoms with Crippen molar-refractivity contribution in [3.63, 3.8) is 0 Å². The number of aryl methyl sites for hydroxylation is 2. The number of aromatic nitrogens is 3. The number of rotatable bonds is 9. The van der Waals surface area contributed by atoms with Crippen molar-refractivity contribution in [3.05, 3.63) is 35.2 Å². The number of nitrogens with two attached hydrogens (primary N) is 1. The molecular weight excluding hydrogens is 352 g/mol. The number of carbonyl (C=O) groups is 2. The molecule has 2 aromatic rings. The number of methoxy groups -OCH3 is 1. The molecule has 1 saturated carbocycles. The minimum atomic E-state index is -0.355. The van der Waals surface area contributed by atoms with Gasteiger partial charge in [0.15, 0.2) is 10.9 Å². The van der Waals surface area contributed by atoms with Gasteiger partial charge >= 0.3 is 0 Å². The van der Waals surface area contributed by atoms with Crippen LogP contribution in [0.3, 0.4) is 0 Å². The fraction of sp³-hybridized carbons (Fsp3) is 0.444. The van der Waals surface area contributed by atoms with Gasteiger partial charge in [-0.05, 0) is 31.9 Å². The van der Waals surface area contributed by atoms with Crippen LogP contribution in [-0.2, 0) is 11.2 Å². The van der Waals surface area contributed by atoms with E-state index in [1.54, 1.807) is 7.11 Å². The molecule has 26 heavy (non-hydrogen) atoms. The number of ketones is 1. The Morgan fingerprint density at radius 3 is 2.77 bits per heavy atom. The van der Waals surface area contributed by atoms with Gasteiger partial charge in [-0.3, -0.25) is 9.59 Å². The van der Waals surface area contributed by atoms with Crippen LogP contribution in [0, 0.1) is 6.92 Å². The fourth-order valence-corrected chi connectivity index (χ4v) is 3.67. The van der Waals surface area contributed by atoms with Crippen molar-refractivity contribution in [1.82, 2.24) is 14.8 Å². The highest BCUT2D eigenvalue weighted by Crippen LogP contribution is 2.39. The van der Waals surface area contributed by atoms with Crippen molar-refractivity contribution in [2.24, 2.45) is 5.73 Å². The number of Topliss-reactive ketones (excluding diaryl/α,β-unsaturated/α-hetero) is 1. The Balaban J connectivity index is 1.72. The Hall–Kier alpha value is -2.35. The van der Waals surface area contributed by atoms with Crippen LogP contribution in [0.25, 0.3) is 0 Å². The zero-order chi connectivity index (χ0) is 18.7. The van der Waals surface area contributed by atoms with E-state index in [1.807, 2.05) is 29.7 Å². The summed E-state index contributed by atoms with van der Waals surface area (Å²) >= 11 is 1.37. The van der Waals surface area contributed by atoms with E-state index < -0.39 is 0 Å². The third-order valence-corrected chi connectivity index (χ3v) is 5.17. The number of benzene rings is 1. The van der Waals surface area contributed by atoms with Gasteiger partial charge in [0.05, 0.1) is 18.4 Å². The van der Waals surface area contributed by atoms with Crippen molar-refractivity contribution in [2.75, 3.05) is 12.9 Å². The number of hydrogen-bond acceptors (Lipinski definition) is 6. The number of amides is 1. The lowest BCUT2D eigenvalue weighted by molar-refractivity contribution is -0.118. The van der Waals surface area contributed by atoms with Crippen LogP contribution in [-0.4, -0.2) is 39.3 Å². The van der Waals surface area contributed by atoms with Crippen LogP contribution >= 0.6 is 11.8 Å². The maximum Gasteiger partial charge on any atom is 0.217 e. The van der Waals surface area contributed by atoms with E-state index in [2.05, 4.69) is 10.2 Å². The van der Waals surface area contributed by atoms with Crippen LogP contribution in [0.4, 0.5) is 0 Å². The van der Waals surface area contributed by atoms with Crippen molar-refractivity contribution in [2.45, 2.75) is 43.8 Å². The minimum absolute atomic E-state index is 0.0143. The number of hydrogen-bond donors (Lipinski definition) is 1. The zero-order valence-electron chi connectivity index (χ0n) is 14.9. The van der Waals surface area contributed by atoms with Crippen LogP contribution < -0.4 is 10.5 Å². The van der Waals surface area contributed by atoms with E-state index in [4.69, 9.17) is 10.5 Å². The first kappa shape index (κ1) is 18.4. The van der Waals surface area contributed by atoms with E-state index in [0.717, 1.165) is 24.2 Å². The SMILES string of the molecule is COc1ccc(C)cc1C(=O)CSc1nnc(CCC(N)=O)n1C1CC1. The van der Waals surface area contributed by atoms with Gasteiger partial charge in [0, 0.05) is 18.9 Å². The molecule has 1 aliphatic rings. The molecule has 1 aromatic carbocycles. The van der Waals surface area contributed by atoms with E-state index in [9.17, 15) is 9.59 Å². The monoisotopic (exact) mass is 374 g/mol. The lowest BCUT2D eigenvalue weighted by Crippen LogP contribution is -2.13. The summed E-state index contributed by atoms with van der Waals surface area (Å²) in [5, 5.41) is 9.13. The first-order valence-corrected chi connectivity index (χ1v) is 9.51. The van der Waals surface area contributed by atoms with Crippen molar-refractivity contribution in [3.8, 4) is 5.75 Å². The minimum Gasteiger partial charge on any atom is -0.496 e. The normalized spacial score (nSPS) is 13.6. The second-order valence-electron chi connectivity index (χ2n) is 6.38. The summed E-state index contributed by atoms with van der Waals surface area (Å²) in [5.74, 6) is 1.22. The molecule has 7 nitrogen and oxygen atoms in total. The number of thioether (sulfide) groups is 1. The van der Waals surface area contributed by atoms with Gasteiger partial charge in [-0.25, -0.2) is 0 Å². The van der Waals surface area contributed by atoms with Crippen LogP contribution in [0.5, 0.6) is 5.75 Å². The molecule has 1 aromatic heterocycles. The van der Waals surface area contributed by atoms with Crippen LogP contribution in [0.1, 0.15) is 47.1 Å².